The van der Waals surface area contributed by atoms with E-state index in [1.54, 1.807) is 6.07 Å². The molecule has 0 radical (unpaired) electrons. The van der Waals surface area contributed by atoms with E-state index in [9.17, 15) is 5.11 Å². The van der Waals surface area contributed by atoms with Crippen LogP contribution >= 0.6 is 38.5 Å². The Balaban J connectivity index is 2.16. The molecule has 0 spiro atoms. The van der Waals surface area contributed by atoms with Gasteiger partial charge in [-0.1, -0.05) is 22.9 Å². The Bertz CT molecular complexity index is 657. The van der Waals surface area contributed by atoms with E-state index in [0.717, 1.165) is 8.04 Å². The van der Waals surface area contributed by atoms with Crippen LogP contribution in [0.5, 0.6) is 5.75 Å². The fourth-order valence-corrected chi connectivity index (χ4v) is 3.04. The van der Waals surface area contributed by atoms with E-state index in [1.807, 2.05) is 35.6 Å². The van der Waals surface area contributed by atoms with Gasteiger partial charge in [0.2, 0.25) is 0 Å². The van der Waals surface area contributed by atoms with E-state index < -0.39 is 0 Å². The van der Waals surface area contributed by atoms with E-state index in [4.69, 9.17) is 5.84 Å². The molecule has 0 bridgehead atoms. The molecule has 106 valence electrons. The zero-order valence-corrected chi connectivity index (χ0v) is 14.3. The first kappa shape index (κ1) is 15.0. The molecule has 20 heavy (non-hydrogen) atoms. The van der Waals surface area contributed by atoms with Gasteiger partial charge in [0.15, 0.2) is 5.82 Å². The van der Waals surface area contributed by atoms with Crippen LogP contribution in [0.25, 0.3) is 0 Å². The normalized spacial score (nSPS) is 11.2. The van der Waals surface area contributed by atoms with Gasteiger partial charge in [0.25, 0.3) is 5.95 Å². The molecular weight excluding hydrogens is 439 g/mol. The van der Waals surface area contributed by atoms with Crippen molar-refractivity contribution in [2.75, 3.05) is 11.3 Å². The average Bonchev–Trinajstić information content (AvgIpc) is 2.76. The summed E-state index contributed by atoms with van der Waals surface area (Å²) in [6.45, 7) is 1.93. The standard InChI is InChI=1S/C11H12BrIN6O/c1-2-9-16-18-11(19(9)14)17-15-5-6-3-7(12)4-8(13)10(6)20/h3-5,20H,2,14H2,1H3,(H,17,18). The quantitative estimate of drug-likeness (QED) is 0.286. The van der Waals surface area contributed by atoms with Crippen molar-refractivity contribution in [2.45, 2.75) is 13.3 Å². The number of hydrogen-bond acceptors (Lipinski definition) is 6. The number of phenolic OH excluding ortho intramolecular Hbond substituents is 1. The number of nitrogen functional groups attached to an aromatic ring is 1. The Kier molecular flexibility index (Phi) is 4.81. The van der Waals surface area contributed by atoms with Crippen LogP contribution in [0.1, 0.15) is 18.3 Å². The second-order valence-corrected chi connectivity index (χ2v) is 5.94. The fraction of sp³-hybridized carbons (Fsp3) is 0.182. The molecule has 0 saturated heterocycles. The van der Waals surface area contributed by atoms with Crippen molar-refractivity contribution < 1.29 is 5.11 Å². The van der Waals surface area contributed by atoms with Gasteiger partial charge in [-0.25, -0.2) is 10.1 Å². The fourth-order valence-electron chi connectivity index (χ4n) is 1.48. The molecule has 0 amide bonds. The van der Waals surface area contributed by atoms with Crippen molar-refractivity contribution in [3.63, 3.8) is 0 Å². The van der Waals surface area contributed by atoms with Crippen LogP contribution in [0.3, 0.4) is 0 Å². The molecule has 1 aromatic heterocycles. The summed E-state index contributed by atoms with van der Waals surface area (Å²) in [7, 11) is 0. The van der Waals surface area contributed by atoms with E-state index in [2.05, 4.69) is 36.7 Å². The second-order valence-electron chi connectivity index (χ2n) is 3.86. The molecule has 2 aromatic rings. The SMILES string of the molecule is CCc1nnc(NN=Cc2cc(Br)cc(I)c2O)n1N. The molecule has 0 saturated carbocycles. The number of aromatic nitrogens is 3. The topological polar surface area (TPSA) is 101 Å². The lowest BCUT2D eigenvalue weighted by Crippen LogP contribution is -2.14. The predicted octanol–water partition coefficient (Wildman–Crippen LogP) is 2.07. The summed E-state index contributed by atoms with van der Waals surface area (Å²) in [6.07, 6.45) is 2.17. The Hall–Kier alpha value is -1.36. The lowest BCUT2D eigenvalue weighted by molar-refractivity contribution is 0.470. The molecule has 0 aliphatic carbocycles. The van der Waals surface area contributed by atoms with Crippen molar-refractivity contribution >= 4 is 50.7 Å². The summed E-state index contributed by atoms with van der Waals surface area (Å²) < 4.78 is 2.92. The van der Waals surface area contributed by atoms with Gasteiger partial charge in [-0.15, -0.1) is 10.2 Å². The first-order valence-corrected chi connectivity index (χ1v) is 7.56. The zero-order chi connectivity index (χ0) is 14.7. The summed E-state index contributed by atoms with van der Waals surface area (Å²) >= 11 is 5.41. The van der Waals surface area contributed by atoms with Crippen molar-refractivity contribution in [1.29, 1.82) is 0 Å². The number of aryl methyl sites for hydroxylation is 1. The third-order valence-corrected chi connectivity index (χ3v) is 3.79. The minimum atomic E-state index is 0.169. The highest BCUT2D eigenvalue weighted by Gasteiger charge is 2.07. The van der Waals surface area contributed by atoms with Crippen LogP contribution in [0, 0.1) is 3.57 Å². The molecule has 9 heteroatoms. The molecular formula is C11H12BrIN6O. The van der Waals surface area contributed by atoms with E-state index >= 15 is 0 Å². The number of nitrogens with one attached hydrogen (secondary N) is 1. The largest absolute Gasteiger partial charge is 0.506 e. The maximum absolute atomic E-state index is 9.91. The Morgan fingerprint density at radius 2 is 2.30 bits per heavy atom. The first-order chi connectivity index (χ1) is 9.52. The lowest BCUT2D eigenvalue weighted by atomic mass is 10.2. The molecule has 0 fully saturated rings. The highest BCUT2D eigenvalue weighted by Crippen LogP contribution is 2.27. The van der Waals surface area contributed by atoms with Crippen molar-refractivity contribution in [2.24, 2.45) is 5.10 Å². The molecule has 0 unspecified atom stereocenters. The summed E-state index contributed by atoms with van der Waals surface area (Å²) in [6, 6.07) is 3.57. The molecule has 7 nitrogen and oxygen atoms in total. The van der Waals surface area contributed by atoms with Gasteiger partial charge >= 0.3 is 0 Å². The number of nitrogens with two attached hydrogens (primary N) is 1. The minimum Gasteiger partial charge on any atom is -0.506 e. The maximum atomic E-state index is 9.91. The molecule has 2 rings (SSSR count). The van der Waals surface area contributed by atoms with E-state index in [1.165, 1.54) is 10.9 Å². The van der Waals surface area contributed by atoms with Gasteiger partial charge in [-0.3, -0.25) is 0 Å². The molecule has 4 N–H and O–H groups in total. The summed E-state index contributed by atoms with van der Waals surface area (Å²) in [5, 5.41) is 21.7. The third kappa shape index (κ3) is 3.20. The van der Waals surface area contributed by atoms with Gasteiger partial charge in [0.1, 0.15) is 5.75 Å². The van der Waals surface area contributed by atoms with Crippen LogP contribution < -0.4 is 11.3 Å². The summed E-state index contributed by atoms with van der Waals surface area (Å²) in [4.78, 5) is 0. The van der Waals surface area contributed by atoms with Gasteiger partial charge in [-0.05, 0) is 34.7 Å². The number of aromatic hydroxyl groups is 1. The molecule has 0 atom stereocenters. The van der Waals surface area contributed by atoms with Crippen molar-refractivity contribution in [1.82, 2.24) is 14.9 Å². The summed E-state index contributed by atoms with van der Waals surface area (Å²) in [5.41, 5.74) is 3.27. The van der Waals surface area contributed by atoms with Crippen molar-refractivity contribution in [3.8, 4) is 5.75 Å². The number of anilines is 1. The predicted molar refractivity (Wildman–Crippen MR) is 89.3 cm³/mol. The number of benzene rings is 1. The summed E-state index contributed by atoms with van der Waals surface area (Å²) in [5.74, 6) is 6.93. The minimum absolute atomic E-state index is 0.169. The highest BCUT2D eigenvalue weighted by molar-refractivity contribution is 14.1. The average molecular weight is 451 g/mol. The molecule has 1 aromatic carbocycles. The number of rotatable bonds is 4. The first-order valence-electron chi connectivity index (χ1n) is 5.69. The van der Waals surface area contributed by atoms with Gasteiger partial charge in [0.05, 0.1) is 9.78 Å². The molecule has 0 aliphatic heterocycles. The Morgan fingerprint density at radius 1 is 1.55 bits per heavy atom. The van der Waals surface area contributed by atoms with Crippen LogP contribution in [-0.2, 0) is 6.42 Å². The lowest BCUT2D eigenvalue weighted by Gasteiger charge is -2.03. The Labute approximate surface area is 137 Å². The monoisotopic (exact) mass is 450 g/mol. The van der Waals surface area contributed by atoms with E-state index in [-0.39, 0.29) is 5.75 Å². The second kappa shape index (κ2) is 6.39. The van der Waals surface area contributed by atoms with Crippen LogP contribution in [0.15, 0.2) is 21.7 Å². The van der Waals surface area contributed by atoms with E-state index in [0.29, 0.717) is 23.8 Å². The van der Waals surface area contributed by atoms with Crippen LogP contribution in [0.4, 0.5) is 5.95 Å². The van der Waals surface area contributed by atoms with Gasteiger partial charge in [0, 0.05) is 16.5 Å². The molecule has 0 aliphatic rings. The Morgan fingerprint density at radius 3 is 2.95 bits per heavy atom. The van der Waals surface area contributed by atoms with Crippen LogP contribution in [-0.4, -0.2) is 26.2 Å². The number of hydrazone groups is 1. The number of phenols is 1. The van der Waals surface area contributed by atoms with Gasteiger partial charge in [-0.2, -0.15) is 5.10 Å². The number of halogens is 2. The third-order valence-electron chi connectivity index (χ3n) is 2.51. The van der Waals surface area contributed by atoms with Gasteiger partial charge < -0.3 is 10.9 Å². The smallest absolute Gasteiger partial charge is 0.263 e. The van der Waals surface area contributed by atoms with Crippen LogP contribution in [0.2, 0.25) is 0 Å². The molecule has 1 heterocycles. The highest BCUT2D eigenvalue weighted by atomic mass is 127. The zero-order valence-electron chi connectivity index (χ0n) is 10.5. The number of nitrogens with zero attached hydrogens (tertiary/aromatic N) is 4. The maximum Gasteiger partial charge on any atom is 0.263 e. The van der Waals surface area contributed by atoms with Crippen molar-refractivity contribution in [3.05, 3.63) is 31.6 Å². The number of hydrogen-bond donors (Lipinski definition) is 3.